The molecule has 2 N–H and O–H groups in total. The Balaban J connectivity index is 2.31. The fraction of sp³-hybridized carbons (Fsp3) is 0.600. The molecule has 0 bridgehead atoms. The Bertz CT molecular complexity index is 473. The minimum absolute atomic E-state index is 0.140. The van der Waals surface area contributed by atoms with Crippen molar-refractivity contribution in [3.63, 3.8) is 0 Å². The summed E-state index contributed by atoms with van der Waals surface area (Å²) in [6.07, 6.45) is -0.336. The zero-order valence-corrected chi connectivity index (χ0v) is 13.0. The van der Waals surface area contributed by atoms with Gasteiger partial charge < -0.3 is 5.73 Å². The molecule has 1 aliphatic rings. The SMILES string of the molecule is CC1CCCC(C(N)c2ccc(Br)cc2C(F)(F)F)C1. The minimum Gasteiger partial charge on any atom is -0.324 e. The van der Waals surface area contributed by atoms with Crippen LogP contribution in [0.1, 0.15) is 49.8 Å². The van der Waals surface area contributed by atoms with Gasteiger partial charge in [0.05, 0.1) is 5.56 Å². The van der Waals surface area contributed by atoms with E-state index in [-0.39, 0.29) is 11.5 Å². The summed E-state index contributed by atoms with van der Waals surface area (Å²) in [5, 5.41) is 0. The highest BCUT2D eigenvalue weighted by atomic mass is 79.9. The van der Waals surface area contributed by atoms with Gasteiger partial charge in [-0.25, -0.2) is 0 Å². The van der Waals surface area contributed by atoms with E-state index in [9.17, 15) is 13.2 Å². The molecule has 1 aromatic rings. The second-order valence-corrected chi connectivity index (χ2v) is 6.70. The molecule has 0 amide bonds. The number of hydrogen-bond acceptors (Lipinski definition) is 1. The monoisotopic (exact) mass is 349 g/mol. The first-order chi connectivity index (χ1) is 9.29. The van der Waals surface area contributed by atoms with Crippen molar-refractivity contribution >= 4 is 15.9 Å². The van der Waals surface area contributed by atoms with Gasteiger partial charge in [0, 0.05) is 10.5 Å². The van der Waals surface area contributed by atoms with E-state index in [1.165, 1.54) is 6.07 Å². The Morgan fingerprint density at radius 2 is 2.00 bits per heavy atom. The van der Waals surface area contributed by atoms with Crippen LogP contribution in [0.15, 0.2) is 22.7 Å². The number of nitrogens with two attached hydrogens (primary N) is 1. The van der Waals surface area contributed by atoms with E-state index in [0.717, 1.165) is 31.7 Å². The Labute approximate surface area is 125 Å². The molecule has 0 aliphatic heterocycles. The average Bonchev–Trinajstić information content (AvgIpc) is 2.37. The second kappa shape index (κ2) is 6.06. The molecule has 1 nitrogen and oxygen atoms in total. The lowest BCUT2D eigenvalue weighted by atomic mass is 9.76. The molecule has 0 saturated heterocycles. The molecule has 2 rings (SSSR count). The smallest absolute Gasteiger partial charge is 0.324 e. The van der Waals surface area contributed by atoms with Crippen molar-refractivity contribution in [3.8, 4) is 0 Å². The molecule has 0 heterocycles. The summed E-state index contributed by atoms with van der Waals surface area (Å²) in [6, 6.07) is 3.73. The van der Waals surface area contributed by atoms with Crippen LogP contribution in [-0.2, 0) is 6.18 Å². The van der Waals surface area contributed by atoms with Gasteiger partial charge in [0.15, 0.2) is 0 Å². The predicted molar refractivity (Wildman–Crippen MR) is 77.2 cm³/mol. The number of rotatable bonds is 2. The molecule has 112 valence electrons. The molecular weight excluding hydrogens is 331 g/mol. The van der Waals surface area contributed by atoms with Crippen molar-refractivity contribution in [2.75, 3.05) is 0 Å². The lowest BCUT2D eigenvalue weighted by Gasteiger charge is -2.32. The highest BCUT2D eigenvalue weighted by Crippen LogP contribution is 2.41. The van der Waals surface area contributed by atoms with Crippen molar-refractivity contribution in [1.82, 2.24) is 0 Å². The summed E-state index contributed by atoms with van der Waals surface area (Å²) in [4.78, 5) is 0. The van der Waals surface area contributed by atoms with Crippen LogP contribution in [-0.4, -0.2) is 0 Å². The van der Waals surface area contributed by atoms with Crippen molar-refractivity contribution in [3.05, 3.63) is 33.8 Å². The van der Waals surface area contributed by atoms with Gasteiger partial charge in [0.1, 0.15) is 0 Å². The molecule has 3 unspecified atom stereocenters. The maximum absolute atomic E-state index is 13.2. The van der Waals surface area contributed by atoms with Gasteiger partial charge in [-0.05, 0) is 42.4 Å². The van der Waals surface area contributed by atoms with E-state index in [0.29, 0.717) is 10.4 Å². The van der Waals surface area contributed by atoms with Crippen LogP contribution in [0.4, 0.5) is 13.2 Å². The van der Waals surface area contributed by atoms with Crippen molar-refractivity contribution < 1.29 is 13.2 Å². The molecule has 1 aliphatic carbocycles. The van der Waals surface area contributed by atoms with Crippen molar-refractivity contribution in [2.45, 2.75) is 44.8 Å². The molecule has 0 aromatic heterocycles. The summed E-state index contributed by atoms with van der Waals surface area (Å²) >= 11 is 3.10. The van der Waals surface area contributed by atoms with Crippen LogP contribution >= 0.6 is 15.9 Å². The average molecular weight is 350 g/mol. The van der Waals surface area contributed by atoms with E-state index >= 15 is 0 Å². The normalized spacial score (nSPS) is 25.5. The van der Waals surface area contributed by atoms with Crippen LogP contribution in [0.5, 0.6) is 0 Å². The van der Waals surface area contributed by atoms with Gasteiger partial charge in [-0.1, -0.05) is 41.8 Å². The second-order valence-electron chi connectivity index (χ2n) is 5.79. The van der Waals surface area contributed by atoms with Crippen molar-refractivity contribution in [1.29, 1.82) is 0 Å². The molecule has 1 aromatic carbocycles. The number of hydrogen-bond donors (Lipinski definition) is 1. The largest absolute Gasteiger partial charge is 0.416 e. The first-order valence-electron chi connectivity index (χ1n) is 6.91. The third-order valence-electron chi connectivity index (χ3n) is 4.16. The Morgan fingerprint density at radius 1 is 1.30 bits per heavy atom. The van der Waals surface area contributed by atoms with Gasteiger partial charge in [-0.2, -0.15) is 13.2 Å². The summed E-state index contributed by atoms with van der Waals surface area (Å²) < 4.78 is 39.9. The summed E-state index contributed by atoms with van der Waals surface area (Å²) in [5.41, 5.74) is 5.77. The molecule has 20 heavy (non-hydrogen) atoms. The van der Waals surface area contributed by atoms with Gasteiger partial charge in [0.2, 0.25) is 0 Å². The zero-order chi connectivity index (χ0) is 14.9. The van der Waals surface area contributed by atoms with E-state index in [1.54, 1.807) is 6.07 Å². The summed E-state index contributed by atoms with van der Waals surface area (Å²) in [5.74, 6) is 0.686. The minimum atomic E-state index is -4.36. The van der Waals surface area contributed by atoms with Crippen molar-refractivity contribution in [2.24, 2.45) is 17.6 Å². The number of alkyl halides is 3. The first-order valence-corrected chi connectivity index (χ1v) is 7.70. The molecule has 0 spiro atoms. The van der Waals surface area contributed by atoms with Crippen LogP contribution in [0.25, 0.3) is 0 Å². The van der Waals surface area contributed by atoms with Gasteiger partial charge in [0.25, 0.3) is 0 Å². The van der Waals surface area contributed by atoms with Crippen LogP contribution in [0.2, 0.25) is 0 Å². The highest BCUT2D eigenvalue weighted by Gasteiger charge is 2.37. The third kappa shape index (κ3) is 3.55. The van der Waals surface area contributed by atoms with Crippen LogP contribution in [0.3, 0.4) is 0 Å². The predicted octanol–water partition coefficient (Wildman–Crippen LogP) is 5.29. The molecule has 5 heteroatoms. The summed E-state index contributed by atoms with van der Waals surface area (Å²) in [7, 11) is 0. The van der Waals surface area contributed by atoms with E-state index in [1.807, 2.05) is 0 Å². The molecule has 0 radical (unpaired) electrons. The Morgan fingerprint density at radius 3 is 2.60 bits per heavy atom. The van der Waals surface area contributed by atoms with Gasteiger partial charge in [-0.15, -0.1) is 0 Å². The number of benzene rings is 1. The maximum atomic E-state index is 13.2. The van der Waals surface area contributed by atoms with Crippen LogP contribution in [0, 0.1) is 11.8 Å². The molecule has 1 saturated carbocycles. The van der Waals surface area contributed by atoms with E-state index < -0.39 is 17.8 Å². The Hall–Kier alpha value is -0.550. The van der Waals surface area contributed by atoms with Gasteiger partial charge >= 0.3 is 6.18 Å². The summed E-state index contributed by atoms with van der Waals surface area (Å²) in [6.45, 7) is 2.14. The van der Waals surface area contributed by atoms with Crippen LogP contribution < -0.4 is 5.73 Å². The van der Waals surface area contributed by atoms with Gasteiger partial charge in [-0.3, -0.25) is 0 Å². The fourth-order valence-corrected chi connectivity index (χ4v) is 3.49. The molecule has 3 atom stereocenters. The number of halogens is 4. The fourth-order valence-electron chi connectivity index (χ4n) is 3.13. The lowest BCUT2D eigenvalue weighted by molar-refractivity contribution is -0.138. The third-order valence-corrected chi connectivity index (χ3v) is 4.66. The first kappa shape index (κ1) is 15.8. The van der Waals surface area contributed by atoms with E-state index in [2.05, 4.69) is 22.9 Å². The lowest BCUT2D eigenvalue weighted by Crippen LogP contribution is -2.28. The topological polar surface area (TPSA) is 26.0 Å². The molecule has 1 fully saturated rings. The zero-order valence-electron chi connectivity index (χ0n) is 11.4. The highest BCUT2D eigenvalue weighted by molar-refractivity contribution is 9.10. The maximum Gasteiger partial charge on any atom is 0.416 e. The quantitative estimate of drug-likeness (QED) is 0.770. The standard InChI is InChI=1S/C15H19BrF3N/c1-9-3-2-4-10(7-9)14(20)12-6-5-11(16)8-13(12)15(17,18)19/h5-6,8-10,14H,2-4,7,20H2,1H3. The van der Waals surface area contributed by atoms with E-state index in [4.69, 9.17) is 5.73 Å². The Kier molecular flexibility index (Phi) is 4.80. The molecular formula is C15H19BrF3N.